The van der Waals surface area contributed by atoms with Crippen LogP contribution in [0.2, 0.25) is 5.02 Å². The van der Waals surface area contributed by atoms with Gasteiger partial charge in [-0.15, -0.1) is 11.8 Å². The zero-order valence-corrected chi connectivity index (χ0v) is 24.8. The quantitative estimate of drug-likeness (QED) is 0.136. The van der Waals surface area contributed by atoms with E-state index >= 15 is 0 Å². The topological polar surface area (TPSA) is 87.3 Å². The number of aryl methyl sites for hydroxylation is 2. The summed E-state index contributed by atoms with van der Waals surface area (Å²) in [4.78, 5) is 39.7. The Labute approximate surface area is 253 Å². The van der Waals surface area contributed by atoms with Gasteiger partial charge in [-0.05, 0) is 92.6 Å². The molecule has 1 atom stereocenters. The highest BCUT2D eigenvalue weighted by atomic mass is 35.5. The molecular weight excluding hydrogens is 573 g/mol. The van der Waals surface area contributed by atoms with Crippen LogP contribution in [0.25, 0.3) is 6.08 Å². The number of thioether (sulfide) groups is 1. The van der Waals surface area contributed by atoms with Gasteiger partial charge in [0.1, 0.15) is 11.5 Å². The maximum absolute atomic E-state index is 14.5. The number of benzene rings is 4. The van der Waals surface area contributed by atoms with E-state index in [0.717, 1.165) is 21.7 Å². The number of carbonyl (C=O) groups is 3. The van der Waals surface area contributed by atoms with Gasteiger partial charge in [0.2, 0.25) is 5.91 Å². The molecule has 0 saturated heterocycles. The first-order valence-corrected chi connectivity index (χ1v) is 14.3. The number of hydrogen-bond acceptors (Lipinski definition) is 4. The number of rotatable bonds is 9. The summed E-state index contributed by atoms with van der Waals surface area (Å²) in [5.41, 5.74) is 3.37. The van der Waals surface area contributed by atoms with Crippen molar-refractivity contribution in [2.75, 3.05) is 10.6 Å². The average molecular weight is 602 g/mol. The number of anilines is 2. The van der Waals surface area contributed by atoms with Crippen molar-refractivity contribution in [3.8, 4) is 0 Å². The Kier molecular flexibility index (Phi) is 10.2. The van der Waals surface area contributed by atoms with Crippen LogP contribution in [0.5, 0.6) is 0 Å². The third-order valence-corrected chi connectivity index (χ3v) is 7.70. The van der Waals surface area contributed by atoms with Crippen LogP contribution < -0.4 is 16.0 Å². The van der Waals surface area contributed by atoms with E-state index in [1.165, 1.54) is 36.0 Å². The fraction of sp³-hybridized carbons (Fsp3) is 0.121. The van der Waals surface area contributed by atoms with Gasteiger partial charge in [-0.3, -0.25) is 14.4 Å². The maximum atomic E-state index is 14.5. The summed E-state index contributed by atoms with van der Waals surface area (Å²) in [6, 6.07) is 25.3. The molecule has 4 aromatic carbocycles. The summed E-state index contributed by atoms with van der Waals surface area (Å²) in [6.45, 7) is 5.73. The second-order valence-electron chi connectivity index (χ2n) is 9.56. The zero-order chi connectivity index (χ0) is 30.2. The van der Waals surface area contributed by atoms with Crippen LogP contribution in [0.15, 0.2) is 102 Å². The minimum Gasteiger partial charge on any atom is -0.325 e. The molecule has 0 spiro atoms. The Bertz CT molecular complexity index is 1620. The molecule has 0 bridgehead atoms. The van der Waals surface area contributed by atoms with Gasteiger partial charge < -0.3 is 16.0 Å². The molecule has 0 radical (unpaired) electrons. The first kappa shape index (κ1) is 30.6. The van der Waals surface area contributed by atoms with Crippen molar-refractivity contribution in [2.24, 2.45) is 0 Å². The molecular formula is C33H29ClFN3O3S. The van der Waals surface area contributed by atoms with Crippen LogP contribution in [-0.4, -0.2) is 23.0 Å². The van der Waals surface area contributed by atoms with E-state index in [9.17, 15) is 18.8 Å². The van der Waals surface area contributed by atoms with Crippen molar-refractivity contribution in [2.45, 2.75) is 30.9 Å². The molecule has 9 heteroatoms. The molecule has 6 nitrogen and oxygen atoms in total. The SMILES string of the molecule is Cc1ccc(C)c(NC(=O)C(C)Sc2ccc(NC(=O)/C(=C/c3c(F)cccc3Cl)NC(=O)c3ccccc3)cc2)c1. The summed E-state index contributed by atoms with van der Waals surface area (Å²) in [7, 11) is 0. The molecule has 1 unspecified atom stereocenters. The summed E-state index contributed by atoms with van der Waals surface area (Å²) in [5, 5.41) is 7.99. The highest BCUT2D eigenvalue weighted by molar-refractivity contribution is 8.00. The highest BCUT2D eigenvalue weighted by Crippen LogP contribution is 2.27. The molecule has 0 aliphatic carbocycles. The van der Waals surface area contributed by atoms with Crippen LogP contribution in [0, 0.1) is 19.7 Å². The van der Waals surface area contributed by atoms with Gasteiger partial charge in [0.25, 0.3) is 11.8 Å². The van der Waals surface area contributed by atoms with Gasteiger partial charge in [-0.2, -0.15) is 0 Å². The van der Waals surface area contributed by atoms with Gasteiger partial charge in [0.05, 0.1) is 10.3 Å². The molecule has 0 aliphatic heterocycles. The van der Waals surface area contributed by atoms with E-state index in [-0.39, 0.29) is 27.4 Å². The predicted octanol–water partition coefficient (Wildman–Crippen LogP) is 7.62. The Morgan fingerprint density at radius 2 is 1.60 bits per heavy atom. The molecule has 4 rings (SSSR count). The second-order valence-corrected chi connectivity index (χ2v) is 11.4. The molecule has 0 fully saturated rings. The van der Waals surface area contributed by atoms with Crippen molar-refractivity contribution in [1.82, 2.24) is 5.32 Å². The van der Waals surface area contributed by atoms with E-state index in [1.54, 1.807) is 54.6 Å². The molecule has 3 amide bonds. The minimum absolute atomic E-state index is 0.0300. The van der Waals surface area contributed by atoms with E-state index in [1.807, 2.05) is 39.0 Å². The van der Waals surface area contributed by atoms with Crippen LogP contribution in [0.1, 0.15) is 34.0 Å². The molecule has 4 aromatic rings. The first-order chi connectivity index (χ1) is 20.1. The third kappa shape index (κ3) is 8.09. The van der Waals surface area contributed by atoms with Crippen molar-refractivity contribution >= 4 is 58.5 Å². The lowest BCUT2D eigenvalue weighted by atomic mass is 10.1. The minimum atomic E-state index is -0.666. The monoisotopic (exact) mass is 601 g/mol. The Balaban J connectivity index is 1.46. The number of nitrogens with one attached hydrogen (secondary N) is 3. The summed E-state index contributed by atoms with van der Waals surface area (Å²) in [5.74, 6) is -1.97. The van der Waals surface area contributed by atoms with Crippen molar-refractivity contribution in [3.63, 3.8) is 0 Å². The predicted molar refractivity (Wildman–Crippen MR) is 168 cm³/mol. The van der Waals surface area contributed by atoms with Crippen LogP contribution in [0.3, 0.4) is 0 Å². The molecule has 0 aliphatic rings. The summed E-state index contributed by atoms with van der Waals surface area (Å²) >= 11 is 7.55. The van der Waals surface area contributed by atoms with E-state index in [2.05, 4.69) is 16.0 Å². The largest absolute Gasteiger partial charge is 0.325 e. The molecule has 214 valence electrons. The van der Waals surface area contributed by atoms with Gasteiger partial charge in [-0.1, -0.05) is 48.0 Å². The normalized spacial score (nSPS) is 11.9. The van der Waals surface area contributed by atoms with Gasteiger partial charge in [0, 0.05) is 27.4 Å². The highest BCUT2D eigenvalue weighted by Gasteiger charge is 2.18. The average Bonchev–Trinajstić information content (AvgIpc) is 2.97. The van der Waals surface area contributed by atoms with Crippen LogP contribution in [-0.2, 0) is 9.59 Å². The number of amides is 3. The van der Waals surface area contributed by atoms with E-state index < -0.39 is 17.6 Å². The van der Waals surface area contributed by atoms with Gasteiger partial charge in [0.15, 0.2) is 0 Å². The third-order valence-electron chi connectivity index (χ3n) is 6.26. The van der Waals surface area contributed by atoms with Crippen molar-refractivity contribution < 1.29 is 18.8 Å². The maximum Gasteiger partial charge on any atom is 0.272 e. The molecule has 0 saturated carbocycles. The fourth-order valence-electron chi connectivity index (χ4n) is 3.91. The van der Waals surface area contributed by atoms with Crippen LogP contribution >= 0.6 is 23.4 Å². The van der Waals surface area contributed by atoms with Crippen LogP contribution in [0.4, 0.5) is 15.8 Å². The Hall–Kier alpha value is -4.40. The van der Waals surface area contributed by atoms with Gasteiger partial charge in [-0.25, -0.2) is 4.39 Å². The summed E-state index contributed by atoms with van der Waals surface area (Å²) in [6.07, 6.45) is 1.20. The van der Waals surface area contributed by atoms with E-state index in [0.29, 0.717) is 11.3 Å². The lowest BCUT2D eigenvalue weighted by molar-refractivity contribution is -0.115. The zero-order valence-electron chi connectivity index (χ0n) is 23.2. The second kappa shape index (κ2) is 14.0. The van der Waals surface area contributed by atoms with Gasteiger partial charge >= 0.3 is 0 Å². The number of halogens is 2. The Morgan fingerprint density at radius 1 is 0.881 bits per heavy atom. The number of hydrogen-bond donors (Lipinski definition) is 3. The molecule has 0 aromatic heterocycles. The fourth-order valence-corrected chi connectivity index (χ4v) is 5.00. The Morgan fingerprint density at radius 3 is 2.29 bits per heavy atom. The summed E-state index contributed by atoms with van der Waals surface area (Å²) < 4.78 is 14.5. The molecule has 0 heterocycles. The molecule has 42 heavy (non-hydrogen) atoms. The lowest BCUT2D eigenvalue weighted by Crippen LogP contribution is -2.30. The van der Waals surface area contributed by atoms with E-state index in [4.69, 9.17) is 11.6 Å². The van der Waals surface area contributed by atoms with Crippen molar-refractivity contribution in [1.29, 1.82) is 0 Å². The lowest BCUT2D eigenvalue weighted by Gasteiger charge is -2.15. The number of carbonyl (C=O) groups excluding carboxylic acids is 3. The first-order valence-electron chi connectivity index (χ1n) is 13.1. The molecule has 3 N–H and O–H groups in total. The standard InChI is InChI=1S/C33H29ClFN3O3S/c1-20-12-13-21(2)29(18-20)37-31(39)22(3)42-25-16-14-24(15-17-25)36-33(41)30(19-26-27(34)10-7-11-28(26)35)38-32(40)23-8-5-4-6-9-23/h4-19,22H,1-3H3,(H,36,41)(H,37,39)(H,38,40)/b30-19-. The smallest absolute Gasteiger partial charge is 0.272 e. The van der Waals surface area contributed by atoms with Crippen molar-refractivity contribution in [3.05, 3.63) is 130 Å².